The third-order valence-electron chi connectivity index (χ3n) is 1.76. The second-order valence-corrected chi connectivity index (χ2v) is 2.84. The molecule has 1 atom stereocenters. The number of aliphatic hydroxyl groups is 1. The number of hydrogen-bond donors (Lipinski definition) is 6. The Labute approximate surface area is 84.9 Å². The smallest absolute Gasteiger partial charge is 0.241 e. The van der Waals surface area contributed by atoms with Crippen molar-refractivity contribution in [2.75, 3.05) is 0 Å². The molecule has 0 aromatic heterocycles. The molecule has 15 heavy (non-hydrogen) atoms. The molecule has 1 aliphatic heterocycles. The summed E-state index contributed by atoms with van der Waals surface area (Å²) in [5, 5.41) is 18.7. The Bertz CT molecular complexity index is 375. The number of hydrogen-bond acceptors (Lipinski definition) is 6. The van der Waals surface area contributed by atoms with Gasteiger partial charge in [0.15, 0.2) is 5.84 Å². The summed E-state index contributed by atoms with van der Waals surface area (Å²) in [4.78, 5) is 10.2. The van der Waals surface area contributed by atoms with Crippen LogP contribution in [0.25, 0.3) is 0 Å². The van der Waals surface area contributed by atoms with Gasteiger partial charge in [-0.2, -0.15) is 0 Å². The van der Waals surface area contributed by atoms with Crippen molar-refractivity contribution in [3.05, 3.63) is 23.4 Å². The van der Waals surface area contributed by atoms with Crippen molar-refractivity contribution in [2.45, 2.75) is 5.72 Å². The van der Waals surface area contributed by atoms with Crippen LogP contribution in [0.15, 0.2) is 23.4 Å². The highest BCUT2D eigenvalue weighted by molar-refractivity contribution is 5.88. The summed E-state index contributed by atoms with van der Waals surface area (Å²) in [5.41, 5.74) is 14.1. The van der Waals surface area contributed by atoms with Crippen LogP contribution in [0.1, 0.15) is 0 Å². The molecule has 0 aliphatic carbocycles. The Hall–Kier alpha value is -2.22. The van der Waals surface area contributed by atoms with Gasteiger partial charge in [0.05, 0.1) is 0 Å². The highest BCUT2D eigenvalue weighted by Gasteiger charge is 2.35. The number of amidine groups is 1. The van der Waals surface area contributed by atoms with Crippen molar-refractivity contribution >= 4 is 12.2 Å². The first-order chi connectivity index (χ1) is 6.90. The van der Waals surface area contributed by atoms with E-state index in [1.807, 2.05) is 0 Å². The van der Waals surface area contributed by atoms with E-state index in [-0.39, 0.29) is 11.6 Å². The Morgan fingerprint density at radius 2 is 2.33 bits per heavy atom. The SMILES string of the molecule is N=C(N)C1(N)C=C(O)C(NC=O)=C(N)O1. The second-order valence-electron chi connectivity index (χ2n) is 2.84. The fourth-order valence-electron chi connectivity index (χ4n) is 1.00. The summed E-state index contributed by atoms with van der Waals surface area (Å²) >= 11 is 0. The van der Waals surface area contributed by atoms with Gasteiger partial charge in [0, 0.05) is 6.08 Å². The number of ether oxygens (including phenoxy) is 1. The van der Waals surface area contributed by atoms with Crippen LogP contribution in [0.5, 0.6) is 0 Å². The van der Waals surface area contributed by atoms with Gasteiger partial charge in [0.25, 0.3) is 0 Å². The van der Waals surface area contributed by atoms with E-state index in [0.29, 0.717) is 6.41 Å². The van der Waals surface area contributed by atoms with E-state index < -0.39 is 17.3 Å². The molecule has 8 nitrogen and oxygen atoms in total. The molecule has 0 aromatic rings. The molecule has 0 saturated heterocycles. The molecular weight excluding hydrogens is 202 g/mol. The van der Waals surface area contributed by atoms with Crippen LogP contribution in [0.3, 0.4) is 0 Å². The molecule has 0 radical (unpaired) electrons. The van der Waals surface area contributed by atoms with E-state index in [2.05, 4.69) is 5.32 Å². The Balaban J connectivity index is 3.08. The van der Waals surface area contributed by atoms with E-state index >= 15 is 0 Å². The minimum atomic E-state index is -1.79. The molecule has 1 amide bonds. The summed E-state index contributed by atoms with van der Waals surface area (Å²) in [7, 11) is 0. The van der Waals surface area contributed by atoms with Crippen LogP contribution in [0, 0.1) is 5.41 Å². The molecule has 1 unspecified atom stereocenters. The van der Waals surface area contributed by atoms with Gasteiger partial charge >= 0.3 is 0 Å². The first kappa shape index (κ1) is 10.9. The van der Waals surface area contributed by atoms with Crippen LogP contribution in [-0.2, 0) is 9.53 Å². The molecule has 9 N–H and O–H groups in total. The molecule has 8 heteroatoms. The zero-order chi connectivity index (χ0) is 11.6. The fraction of sp³-hybridized carbons (Fsp3) is 0.143. The lowest BCUT2D eigenvalue weighted by Gasteiger charge is -2.30. The number of nitrogens with two attached hydrogens (primary N) is 3. The summed E-state index contributed by atoms with van der Waals surface area (Å²) in [6.07, 6.45) is 1.28. The molecular formula is C7H11N5O3. The average Bonchev–Trinajstić information content (AvgIpc) is 2.11. The van der Waals surface area contributed by atoms with Gasteiger partial charge in [0.1, 0.15) is 11.5 Å². The number of aliphatic hydroxyl groups excluding tert-OH is 1. The largest absolute Gasteiger partial charge is 0.506 e. The van der Waals surface area contributed by atoms with Gasteiger partial charge in [-0.15, -0.1) is 0 Å². The Morgan fingerprint density at radius 3 is 2.73 bits per heavy atom. The third kappa shape index (κ3) is 1.83. The van der Waals surface area contributed by atoms with E-state index in [1.165, 1.54) is 0 Å². The molecule has 0 spiro atoms. The summed E-state index contributed by atoms with van der Waals surface area (Å²) < 4.78 is 4.90. The van der Waals surface area contributed by atoms with Crippen LogP contribution >= 0.6 is 0 Å². The number of carbonyl (C=O) groups is 1. The minimum Gasteiger partial charge on any atom is -0.506 e. The molecule has 0 bridgehead atoms. The Kier molecular flexibility index (Phi) is 2.53. The van der Waals surface area contributed by atoms with Crippen LogP contribution in [0.4, 0.5) is 0 Å². The lowest BCUT2D eigenvalue weighted by atomic mass is 10.1. The quantitative estimate of drug-likeness (QED) is 0.179. The van der Waals surface area contributed by atoms with E-state index in [4.69, 9.17) is 27.3 Å². The normalized spacial score (nSPS) is 25.3. The molecule has 1 aliphatic rings. The summed E-state index contributed by atoms with van der Waals surface area (Å²) in [6, 6.07) is 0. The van der Waals surface area contributed by atoms with Gasteiger partial charge in [-0.05, 0) is 0 Å². The van der Waals surface area contributed by atoms with Gasteiger partial charge < -0.3 is 26.6 Å². The predicted molar refractivity (Wildman–Crippen MR) is 51.0 cm³/mol. The topological polar surface area (TPSA) is 160 Å². The highest BCUT2D eigenvalue weighted by atomic mass is 16.5. The van der Waals surface area contributed by atoms with Crippen molar-refractivity contribution in [3.63, 3.8) is 0 Å². The van der Waals surface area contributed by atoms with Gasteiger partial charge in [-0.3, -0.25) is 15.9 Å². The third-order valence-corrected chi connectivity index (χ3v) is 1.76. The number of amides is 1. The van der Waals surface area contributed by atoms with Crippen LogP contribution in [-0.4, -0.2) is 23.1 Å². The lowest BCUT2D eigenvalue weighted by molar-refractivity contribution is -0.109. The first-order valence-electron chi connectivity index (χ1n) is 3.85. The summed E-state index contributed by atoms with van der Waals surface area (Å²) in [6.45, 7) is 0. The minimum absolute atomic E-state index is 0.118. The highest BCUT2D eigenvalue weighted by Crippen LogP contribution is 2.21. The maximum atomic E-state index is 10.2. The van der Waals surface area contributed by atoms with Crippen molar-refractivity contribution in [2.24, 2.45) is 17.2 Å². The van der Waals surface area contributed by atoms with Crippen LogP contribution in [0.2, 0.25) is 0 Å². The maximum Gasteiger partial charge on any atom is 0.241 e. The molecule has 1 heterocycles. The second kappa shape index (κ2) is 3.50. The van der Waals surface area contributed by atoms with Crippen molar-refractivity contribution in [3.8, 4) is 0 Å². The number of carbonyl (C=O) groups excluding carboxylic acids is 1. The van der Waals surface area contributed by atoms with Crippen LogP contribution < -0.4 is 22.5 Å². The lowest BCUT2D eigenvalue weighted by Crippen LogP contribution is -2.54. The van der Waals surface area contributed by atoms with E-state index in [1.54, 1.807) is 0 Å². The van der Waals surface area contributed by atoms with Gasteiger partial charge in [-0.1, -0.05) is 0 Å². The number of rotatable bonds is 3. The maximum absolute atomic E-state index is 10.2. The fourth-order valence-corrected chi connectivity index (χ4v) is 1.00. The van der Waals surface area contributed by atoms with E-state index in [0.717, 1.165) is 6.08 Å². The monoisotopic (exact) mass is 213 g/mol. The van der Waals surface area contributed by atoms with E-state index in [9.17, 15) is 9.90 Å². The Morgan fingerprint density at radius 1 is 1.73 bits per heavy atom. The standard InChI is InChI=1S/C7H11N5O3/c8-5-4(12-2-13)3(14)1-7(11,15-5)6(9)10/h1-2,14H,8,11H2,(H3,9,10)(H,12,13). The average molecular weight is 213 g/mol. The first-order valence-corrected chi connectivity index (χ1v) is 3.85. The molecule has 0 fully saturated rings. The predicted octanol–water partition coefficient (Wildman–Crippen LogP) is -2.08. The molecule has 82 valence electrons. The molecule has 0 aromatic carbocycles. The van der Waals surface area contributed by atoms with Crippen molar-refractivity contribution < 1.29 is 14.6 Å². The van der Waals surface area contributed by atoms with Crippen molar-refractivity contribution in [1.82, 2.24) is 5.32 Å². The van der Waals surface area contributed by atoms with Gasteiger partial charge in [-0.25, -0.2) is 0 Å². The summed E-state index contributed by atoms with van der Waals surface area (Å²) in [5.74, 6) is -1.26. The van der Waals surface area contributed by atoms with Crippen molar-refractivity contribution in [1.29, 1.82) is 5.41 Å². The molecule has 1 rings (SSSR count). The zero-order valence-corrected chi connectivity index (χ0v) is 7.65. The zero-order valence-electron chi connectivity index (χ0n) is 7.65. The number of nitrogens with one attached hydrogen (secondary N) is 2. The van der Waals surface area contributed by atoms with Gasteiger partial charge in [0.2, 0.25) is 18.0 Å². The molecule has 0 saturated carbocycles.